The second kappa shape index (κ2) is 7.77. The lowest BCUT2D eigenvalue weighted by molar-refractivity contribution is 0.0625. The summed E-state index contributed by atoms with van der Waals surface area (Å²) in [5.74, 6) is 1.34. The lowest BCUT2D eigenvalue weighted by Gasteiger charge is -2.34. The summed E-state index contributed by atoms with van der Waals surface area (Å²) in [7, 11) is 0. The molecule has 7 heteroatoms. The van der Waals surface area contributed by atoms with Gasteiger partial charge in [-0.2, -0.15) is 0 Å². The van der Waals surface area contributed by atoms with Gasteiger partial charge < -0.3 is 10.6 Å². The van der Waals surface area contributed by atoms with Crippen LogP contribution >= 0.6 is 22.6 Å². The molecule has 0 radical (unpaired) electrons. The molecule has 2 aromatic carbocycles. The molecule has 138 valence electrons. The van der Waals surface area contributed by atoms with Gasteiger partial charge in [-0.25, -0.2) is 9.97 Å². The first-order valence-electron chi connectivity index (χ1n) is 8.88. The third kappa shape index (κ3) is 4.03. The third-order valence-electron chi connectivity index (χ3n) is 4.79. The van der Waals surface area contributed by atoms with E-state index in [1.165, 1.54) is 0 Å². The van der Waals surface area contributed by atoms with Crippen LogP contribution in [0.25, 0.3) is 10.9 Å². The molecule has 4 rings (SSSR count). The Bertz CT molecular complexity index is 968. The highest BCUT2D eigenvalue weighted by molar-refractivity contribution is 14.1. The maximum Gasteiger partial charge on any atom is 0.253 e. The van der Waals surface area contributed by atoms with Gasteiger partial charge in [0.1, 0.15) is 11.6 Å². The molecule has 0 saturated carbocycles. The molecule has 0 spiro atoms. The number of halogens is 1. The monoisotopic (exact) mass is 473 g/mol. The Balaban J connectivity index is 1.39. The smallest absolute Gasteiger partial charge is 0.253 e. The Morgan fingerprint density at radius 1 is 1.00 bits per heavy atom. The first kappa shape index (κ1) is 18.1. The number of aromatic nitrogens is 2. The van der Waals surface area contributed by atoms with Crippen LogP contribution in [0.2, 0.25) is 0 Å². The van der Waals surface area contributed by atoms with Crippen molar-refractivity contribution in [3.8, 4) is 0 Å². The number of piperazine rings is 1. The van der Waals surface area contributed by atoms with Gasteiger partial charge in [-0.15, -0.1) is 0 Å². The topological polar surface area (TPSA) is 75.3 Å². The summed E-state index contributed by atoms with van der Waals surface area (Å²) in [6.45, 7) is 3.64. The highest BCUT2D eigenvalue weighted by Crippen LogP contribution is 2.18. The molecule has 0 atom stereocenters. The Morgan fingerprint density at radius 2 is 1.70 bits per heavy atom. The van der Waals surface area contributed by atoms with E-state index in [0.29, 0.717) is 25.5 Å². The van der Waals surface area contributed by atoms with Crippen LogP contribution < -0.4 is 5.73 Å². The summed E-state index contributed by atoms with van der Waals surface area (Å²) in [5, 5.41) is 0.884. The summed E-state index contributed by atoms with van der Waals surface area (Å²) in [4.78, 5) is 25.9. The molecule has 1 amide bonds. The molecule has 0 bridgehead atoms. The molecule has 1 saturated heterocycles. The molecular weight excluding hydrogens is 453 g/mol. The van der Waals surface area contributed by atoms with Crippen LogP contribution in [0, 0.1) is 3.57 Å². The summed E-state index contributed by atoms with van der Waals surface area (Å²) >= 11 is 2.24. The Labute approximate surface area is 171 Å². The van der Waals surface area contributed by atoms with Crippen LogP contribution in [0.1, 0.15) is 16.2 Å². The predicted molar refractivity (Wildman–Crippen MR) is 114 cm³/mol. The molecule has 0 unspecified atom stereocenters. The highest BCUT2D eigenvalue weighted by Gasteiger charge is 2.22. The summed E-state index contributed by atoms with van der Waals surface area (Å²) in [5.41, 5.74) is 7.69. The average molecular weight is 473 g/mol. The lowest BCUT2D eigenvalue weighted by Crippen LogP contribution is -2.48. The molecule has 2 heterocycles. The van der Waals surface area contributed by atoms with Gasteiger partial charge in [-0.1, -0.05) is 12.1 Å². The van der Waals surface area contributed by atoms with E-state index in [9.17, 15) is 4.79 Å². The number of hydrogen-bond acceptors (Lipinski definition) is 5. The fraction of sp³-hybridized carbons (Fsp3) is 0.250. The number of carbonyl (C=O) groups excluding carboxylic acids is 1. The van der Waals surface area contributed by atoms with Crippen LogP contribution in [0.15, 0.2) is 48.5 Å². The van der Waals surface area contributed by atoms with Crippen LogP contribution in [0.5, 0.6) is 0 Å². The van der Waals surface area contributed by atoms with Crippen molar-refractivity contribution in [3.63, 3.8) is 0 Å². The minimum atomic E-state index is 0.0947. The van der Waals surface area contributed by atoms with E-state index in [0.717, 1.165) is 39.0 Å². The number of rotatable bonds is 3. The maximum absolute atomic E-state index is 12.6. The van der Waals surface area contributed by atoms with Crippen molar-refractivity contribution in [2.75, 3.05) is 31.9 Å². The quantitative estimate of drug-likeness (QED) is 0.593. The molecule has 1 aromatic heterocycles. The molecule has 0 aliphatic carbocycles. The molecule has 3 aromatic rings. The first-order valence-corrected chi connectivity index (χ1v) is 9.96. The number of benzene rings is 2. The van der Waals surface area contributed by atoms with Gasteiger partial charge in [0.25, 0.3) is 5.91 Å². The van der Waals surface area contributed by atoms with E-state index in [2.05, 4.69) is 37.5 Å². The van der Waals surface area contributed by atoms with Crippen LogP contribution in [-0.4, -0.2) is 51.9 Å². The van der Waals surface area contributed by atoms with Crippen molar-refractivity contribution in [3.05, 3.63) is 63.5 Å². The molecule has 2 N–H and O–H groups in total. The maximum atomic E-state index is 12.6. The Morgan fingerprint density at radius 3 is 2.44 bits per heavy atom. The number of hydrogen-bond donors (Lipinski definition) is 1. The Kier molecular flexibility index (Phi) is 5.22. The van der Waals surface area contributed by atoms with Gasteiger partial charge >= 0.3 is 0 Å². The van der Waals surface area contributed by atoms with E-state index >= 15 is 0 Å². The minimum absolute atomic E-state index is 0.0947. The number of nitrogen functional groups attached to an aromatic ring is 1. The number of nitrogens with two attached hydrogens (primary N) is 1. The van der Waals surface area contributed by atoms with Gasteiger partial charge in [0.2, 0.25) is 0 Å². The third-order valence-corrected chi connectivity index (χ3v) is 5.51. The van der Waals surface area contributed by atoms with Crippen LogP contribution in [-0.2, 0) is 6.54 Å². The van der Waals surface area contributed by atoms with Crippen LogP contribution in [0.3, 0.4) is 0 Å². The fourth-order valence-corrected chi connectivity index (χ4v) is 3.67. The van der Waals surface area contributed by atoms with Crippen molar-refractivity contribution in [2.24, 2.45) is 0 Å². The van der Waals surface area contributed by atoms with E-state index < -0.39 is 0 Å². The van der Waals surface area contributed by atoms with E-state index in [-0.39, 0.29) is 5.91 Å². The number of anilines is 1. The zero-order valence-electron chi connectivity index (χ0n) is 14.8. The zero-order chi connectivity index (χ0) is 18.8. The summed E-state index contributed by atoms with van der Waals surface area (Å²) in [6.07, 6.45) is 0. The van der Waals surface area contributed by atoms with E-state index in [4.69, 9.17) is 5.73 Å². The standard InChI is InChI=1S/C20H20IN5O/c21-15-7-5-14(6-8-15)20(27)26-11-9-25(10-12-26)13-18-23-17-4-2-1-3-16(17)19(22)24-18/h1-8H,9-13H2,(H2,22,23,24). The van der Waals surface area contributed by atoms with Gasteiger partial charge in [-0.3, -0.25) is 9.69 Å². The normalized spacial score (nSPS) is 15.2. The van der Waals surface area contributed by atoms with Gasteiger partial charge in [-0.05, 0) is 59.0 Å². The average Bonchev–Trinajstić information content (AvgIpc) is 2.69. The second-order valence-electron chi connectivity index (χ2n) is 6.62. The minimum Gasteiger partial charge on any atom is -0.383 e. The number of fused-ring (bicyclic) bond motifs is 1. The number of carbonyl (C=O) groups is 1. The van der Waals surface area contributed by atoms with Crippen molar-refractivity contribution >= 4 is 45.2 Å². The van der Waals surface area contributed by atoms with E-state index in [1.54, 1.807) is 0 Å². The molecule has 1 fully saturated rings. The van der Waals surface area contributed by atoms with Crippen molar-refractivity contribution in [1.29, 1.82) is 0 Å². The summed E-state index contributed by atoms with van der Waals surface area (Å²) in [6, 6.07) is 15.5. The highest BCUT2D eigenvalue weighted by atomic mass is 127. The number of para-hydroxylation sites is 1. The molecule has 6 nitrogen and oxygen atoms in total. The number of nitrogens with zero attached hydrogens (tertiary/aromatic N) is 4. The van der Waals surface area contributed by atoms with Gasteiger partial charge in [0.15, 0.2) is 0 Å². The fourth-order valence-electron chi connectivity index (χ4n) is 3.31. The lowest BCUT2D eigenvalue weighted by atomic mass is 10.2. The SMILES string of the molecule is Nc1nc(CN2CCN(C(=O)c3ccc(I)cc3)CC2)nc2ccccc12. The summed E-state index contributed by atoms with van der Waals surface area (Å²) < 4.78 is 1.13. The van der Waals surface area contributed by atoms with Crippen molar-refractivity contribution < 1.29 is 4.79 Å². The van der Waals surface area contributed by atoms with Crippen molar-refractivity contribution in [2.45, 2.75) is 6.54 Å². The number of amides is 1. The first-order chi connectivity index (χ1) is 13.1. The zero-order valence-corrected chi connectivity index (χ0v) is 17.0. The van der Waals surface area contributed by atoms with Gasteiger partial charge in [0, 0.05) is 40.7 Å². The Hall–Kier alpha value is -2.26. The predicted octanol–water partition coefficient (Wildman–Crippen LogP) is 2.77. The van der Waals surface area contributed by atoms with E-state index in [1.807, 2.05) is 53.4 Å². The molecular formula is C20H20IN5O. The largest absolute Gasteiger partial charge is 0.383 e. The molecule has 1 aliphatic rings. The van der Waals surface area contributed by atoms with Crippen molar-refractivity contribution in [1.82, 2.24) is 19.8 Å². The van der Waals surface area contributed by atoms with Gasteiger partial charge in [0.05, 0.1) is 12.1 Å². The molecule has 27 heavy (non-hydrogen) atoms. The molecule has 1 aliphatic heterocycles. The van der Waals surface area contributed by atoms with Crippen LogP contribution in [0.4, 0.5) is 5.82 Å². The second-order valence-corrected chi connectivity index (χ2v) is 7.86.